The van der Waals surface area contributed by atoms with E-state index in [0.29, 0.717) is 11.1 Å². The SMILES string of the molecule is CC(C)(C)C1=CC(=C2C(=O)N(c3ccccc3)N=C2C(F)(F)F)C=C(C(C)(C)C)C1=O. The Labute approximate surface area is 179 Å². The van der Waals surface area contributed by atoms with Gasteiger partial charge in [-0.05, 0) is 40.7 Å². The third-order valence-corrected chi connectivity index (χ3v) is 5.11. The summed E-state index contributed by atoms with van der Waals surface area (Å²) in [5.41, 5.74) is -2.06. The fourth-order valence-corrected chi connectivity index (χ4v) is 3.49. The van der Waals surface area contributed by atoms with Crippen molar-refractivity contribution in [2.45, 2.75) is 47.7 Å². The first-order chi connectivity index (χ1) is 14.1. The van der Waals surface area contributed by atoms with E-state index in [1.165, 1.54) is 24.3 Å². The lowest BCUT2D eigenvalue weighted by atomic mass is 9.71. The molecule has 164 valence electrons. The number of carbonyl (C=O) groups excluding carboxylic acids is 2. The van der Waals surface area contributed by atoms with Gasteiger partial charge in [-0.2, -0.15) is 23.3 Å². The third-order valence-electron chi connectivity index (χ3n) is 5.11. The Hall–Kier alpha value is -2.96. The van der Waals surface area contributed by atoms with Crippen molar-refractivity contribution in [2.75, 3.05) is 5.01 Å². The van der Waals surface area contributed by atoms with Gasteiger partial charge in [-0.3, -0.25) is 9.59 Å². The highest BCUT2D eigenvalue weighted by atomic mass is 19.4. The molecule has 7 heteroatoms. The number of hydrogen-bond donors (Lipinski definition) is 0. The largest absolute Gasteiger partial charge is 0.435 e. The van der Waals surface area contributed by atoms with Gasteiger partial charge in [0.05, 0.1) is 11.3 Å². The Morgan fingerprint density at radius 1 is 0.806 bits per heavy atom. The molecule has 0 spiro atoms. The summed E-state index contributed by atoms with van der Waals surface area (Å²) in [7, 11) is 0. The topological polar surface area (TPSA) is 49.7 Å². The highest BCUT2D eigenvalue weighted by Gasteiger charge is 2.48. The fourth-order valence-electron chi connectivity index (χ4n) is 3.49. The van der Waals surface area contributed by atoms with Crippen LogP contribution in [-0.2, 0) is 9.59 Å². The summed E-state index contributed by atoms with van der Waals surface area (Å²) in [5, 5.41) is 4.40. The highest BCUT2D eigenvalue weighted by Crippen LogP contribution is 2.41. The van der Waals surface area contributed by atoms with Crippen molar-refractivity contribution in [1.29, 1.82) is 0 Å². The van der Waals surface area contributed by atoms with E-state index in [-0.39, 0.29) is 17.0 Å². The van der Waals surface area contributed by atoms with Gasteiger partial charge >= 0.3 is 6.18 Å². The van der Waals surface area contributed by atoms with E-state index in [2.05, 4.69) is 5.10 Å². The van der Waals surface area contributed by atoms with Crippen molar-refractivity contribution in [1.82, 2.24) is 0 Å². The number of anilines is 1. The van der Waals surface area contributed by atoms with Crippen LogP contribution in [0.5, 0.6) is 0 Å². The number of rotatable bonds is 1. The van der Waals surface area contributed by atoms with Crippen LogP contribution in [0.1, 0.15) is 41.5 Å². The first-order valence-corrected chi connectivity index (χ1v) is 9.91. The molecule has 4 nitrogen and oxygen atoms in total. The molecule has 1 aliphatic carbocycles. The van der Waals surface area contributed by atoms with Crippen molar-refractivity contribution in [3.05, 3.63) is 64.8 Å². The number of nitrogens with zero attached hydrogens (tertiary/aromatic N) is 2. The van der Waals surface area contributed by atoms with Gasteiger partial charge in [0.25, 0.3) is 5.91 Å². The summed E-state index contributed by atoms with van der Waals surface area (Å²) < 4.78 is 41.7. The van der Waals surface area contributed by atoms with Crippen LogP contribution in [0.2, 0.25) is 0 Å². The van der Waals surface area contributed by atoms with Gasteiger partial charge in [0, 0.05) is 11.1 Å². The van der Waals surface area contributed by atoms with Crippen LogP contribution in [0.4, 0.5) is 18.9 Å². The molecule has 1 aliphatic heterocycles. The van der Waals surface area contributed by atoms with Gasteiger partial charge in [-0.15, -0.1) is 0 Å². The summed E-state index contributed by atoms with van der Waals surface area (Å²) in [6.07, 6.45) is -2.03. The molecule has 1 amide bonds. The summed E-state index contributed by atoms with van der Waals surface area (Å²) in [5.74, 6) is -1.10. The predicted octanol–water partition coefficient (Wildman–Crippen LogP) is 5.78. The maximum absolute atomic E-state index is 13.9. The summed E-state index contributed by atoms with van der Waals surface area (Å²) in [6, 6.07) is 7.96. The molecule has 0 N–H and O–H groups in total. The van der Waals surface area contributed by atoms with E-state index >= 15 is 0 Å². The molecule has 3 rings (SSSR count). The Bertz CT molecular complexity index is 1020. The van der Waals surface area contributed by atoms with Crippen molar-refractivity contribution in [2.24, 2.45) is 15.9 Å². The number of amides is 1. The first-order valence-electron chi connectivity index (χ1n) is 9.91. The van der Waals surface area contributed by atoms with Crippen LogP contribution in [-0.4, -0.2) is 23.6 Å². The molecule has 1 aromatic rings. The zero-order valence-electron chi connectivity index (χ0n) is 18.4. The predicted molar refractivity (Wildman–Crippen MR) is 115 cm³/mol. The zero-order chi connectivity index (χ0) is 23.4. The molecule has 0 atom stereocenters. The standard InChI is InChI=1S/C24H25F3N2O2/c1-22(2,3)16-12-14(13-17(19(16)30)23(4,5)6)18-20(24(25,26)27)28-29(21(18)31)15-10-8-7-9-11-15/h7-13H,1-6H3. The summed E-state index contributed by atoms with van der Waals surface area (Å²) in [6.45, 7) is 10.9. The Kier molecular flexibility index (Phi) is 5.37. The lowest BCUT2D eigenvalue weighted by molar-refractivity contribution is -0.115. The second kappa shape index (κ2) is 7.32. The summed E-state index contributed by atoms with van der Waals surface area (Å²) >= 11 is 0. The zero-order valence-corrected chi connectivity index (χ0v) is 18.4. The molecule has 0 radical (unpaired) electrons. The van der Waals surface area contributed by atoms with Crippen molar-refractivity contribution >= 4 is 23.1 Å². The number of hydrogen-bond acceptors (Lipinski definition) is 3. The molecule has 0 aromatic heterocycles. The fraction of sp³-hybridized carbons (Fsp3) is 0.375. The van der Waals surface area contributed by atoms with Gasteiger partial charge in [-0.1, -0.05) is 59.7 Å². The number of hydrazone groups is 1. The van der Waals surface area contributed by atoms with Crippen molar-refractivity contribution in [3.8, 4) is 0 Å². The Balaban J connectivity index is 2.31. The normalized spacial score (nSPS) is 18.4. The van der Waals surface area contributed by atoms with Crippen LogP contribution < -0.4 is 5.01 Å². The molecule has 0 fully saturated rings. The van der Waals surface area contributed by atoms with Gasteiger partial charge in [0.1, 0.15) is 0 Å². The van der Waals surface area contributed by atoms with Gasteiger partial charge in [-0.25, -0.2) is 0 Å². The van der Waals surface area contributed by atoms with Gasteiger partial charge < -0.3 is 0 Å². The average Bonchev–Trinajstić information content (AvgIpc) is 2.98. The van der Waals surface area contributed by atoms with E-state index in [9.17, 15) is 22.8 Å². The van der Waals surface area contributed by atoms with Crippen molar-refractivity contribution in [3.63, 3.8) is 0 Å². The second-order valence-electron chi connectivity index (χ2n) is 9.67. The van der Waals surface area contributed by atoms with Crippen LogP contribution in [0.3, 0.4) is 0 Å². The van der Waals surface area contributed by atoms with E-state index in [4.69, 9.17) is 0 Å². The maximum atomic E-state index is 13.9. The maximum Gasteiger partial charge on any atom is 0.435 e. The van der Waals surface area contributed by atoms with E-state index < -0.39 is 34.2 Å². The molecule has 0 saturated heterocycles. The minimum atomic E-state index is -4.84. The molecule has 0 unspecified atom stereocenters. The molecular weight excluding hydrogens is 405 g/mol. The Morgan fingerprint density at radius 2 is 1.29 bits per heavy atom. The van der Waals surface area contributed by atoms with Gasteiger partial charge in [0.15, 0.2) is 11.5 Å². The number of ketones is 1. The van der Waals surface area contributed by atoms with E-state index in [1.54, 1.807) is 18.2 Å². The molecular formula is C24H25F3N2O2. The number of para-hydroxylation sites is 1. The number of benzene rings is 1. The first kappa shape index (κ1) is 22.7. The van der Waals surface area contributed by atoms with E-state index in [1.807, 2.05) is 41.5 Å². The van der Waals surface area contributed by atoms with Crippen LogP contribution in [0.25, 0.3) is 0 Å². The molecule has 31 heavy (non-hydrogen) atoms. The molecule has 1 aromatic carbocycles. The number of carbonyl (C=O) groups is 2. The average molecular weight is 430 g/mol. The molecule has 0 bridgehead atoms. The number of allylic oxidation sites excluding steroid dienone is 5. The van der Waals surface area contributed by atoms with Crippen LogP contribution in [0, 0.1) is 10.8 Å². The number of alkyl halides is 3. The van der Waals surface area contributed by atoms with E-state index in [0.717, 1.165) is 5.01 Å². The smallest absolute Gasteiger partial charge is 0.289 e. The quantitative estimate of drug-likeness (QED) is 0.531. The van der Waals surface area contributed by atoms with Crippen molar-refractivity contribution < 1.29 is 22.8 Å². The lowest BCUT2D eigenvalue weighted by Crippen LogP contribution is -2.30. The molecule has 1 heterocycles. The molecule has 2 aliphatic rings. The minimum Gasteiger partial charge on any atom is -0.289 e. The lowest BCUT2D eigenvalue weighted by Gasteiger charge is -2.31. The molecule has 0 saturated carbocycles. The number of Topliss-reactive ketones (excluding diaryl/α,β-unsaturated/α-hetero) is 1. The third kappa shape index (κ3) is 4.27. The number of halogens is 3. The van der Waals surface area contributed by atoms with Gasteiger partial charge in [0.2, 0.25) is 0 Å². The monoisotopic (exact) mass is 430 g/mol. The minimum absolute atomic E-state index is 0.0500. The van der Waals surface area contributed by atoms with Crippen LogP contribution in [0.15, 0.2) is 69.9 Å². The highest BCUT2D eigenvalue weighted by molar-refractivity contribution is 6.33. The van der Waals surface area contributed by atoms with Crippen LogP contribution >= 0.6 is 0 Å². The summed E-state index contributed by atoms with van der Waals surface area (Å²) in [4.78, 5) is 26.3. The second-order valence-corrected chi connectivity index (χ2v) is 9.67. The Morgan fingerprint density at radius 3 is 1.71 bits per heavy atom.